The Kier molecular flexibility index (Phi) is 4.72. The highest BCUT2D eigenvalue weighted by Crippen LogP contribution is 2.28. The van der Waals surface area contributed by atoms with Crippen LogP contribution in [0.25, 0.3) is 0 Å². The van der Waals surface area contributed by atoms with E-state index in [2.05, 4.69) is 0 Å². The lowest BCUT2D eigenvalue weighted by atomic mass is 10.1. The van der Waals surface area contributed by atoms with Crippen LogP contribution in [-0.4, -0.2) is 29.7 Å². The van der Waals surface area contributed by atoms with E-state index in [4.69, 9.17) is 4.74 Å². The van der Waals surface area contributed by atoms with Crippen LogP contribution in [0.1, 0.15) is 18.5 Å². The second kappa shape index (κ2) is 5.86. The average molecular weight is 271 g/mol. The minimum atomic E-state index is -1.72. The molecule has 2 amide bonds. The van der Waals surface area contributed by atoms with Gasteiger partial charge >= 0.3 is 6.09 Å². The first-order valence-electron chi connectivity index (χ1n) is 5.30. The third-order valence-electron chi connectivity index (χ3n) is 2.64. The standard InChI is InChI=1S/C12H12FNO3.H2S/c1-8(13)11(15)14-10(7-17-12(14)16)9-5-3-2-4-6-9;/h2-6,8,10H,7H2,1H3;1H2/t8?,10-;/m1./s1. The number of nitrogens with zero attached hydrogens (tertiary/aromatic N) is 1. The van der Waals surface area contributed by atoms with E-state index in [0.717, 1.165) is 17.4 Å². The predicted molar refractivity (Wildman–Crippen MR) is 68.3 cm³/mol. The van der Waals surface area contributed by atoms with Gasteiger partial charge in [0.15, 0.2) is 6.17 Å². The van der Waals surface area contributed by atoms with Gasteiger partial charge in [0, 0.05) is 0 Å². The maximum absolute atomic E-state index is 13.0. The Bertz CT molecular complexity index is 438. The Morgan fingerprint density at radius 2 is 2.06 bits per heavy atom. The van der Waals surface area contributed by atoms with Crippen LogP contribution in [0.4, 0.5) is 9.18 Å². The van der Waals surface area contributed by atoms with Gasteiger partial charge in [-0.1, -0.05) is 30.3 Å². The molecule has 0 radical (unpaired) electrons. The number of halogens is 1. The molecule has 0 aliphatic carbocycles. The smallest absolute Gasteiger partial charge is 0.417 e. The summed E-state index contributed by atoms with van der Waals surface area (Å²) < 4.78 is 17.8. The van der Waals surface area contributed by atoms with E-state index in [1.54, 1.807) is 24.3 Å². The molecule has 1 aliphatic rings. The highest BCUT2D eigenvalue weighted by atomic mass is 32.1. The van der Waals surface area contributed by atoms with Crippen LogP contribution in [0.3, 0.4) is 0 Å². The molecule has 1 aromatic carbocycles. The van der Waals surface area contributed by atoms with Gasteiger partial charge in [-0.2, -0.15) is 13.5 Å². The van der Waals surface area contributed by atoms with Crippen molar-refractivity contribution in [3.8, 4) is 0 Å². The lowest BCUT2D eigenvalue weighted by molar-refractivity contribution is -0.133. The van der Waals surface area contributed by atoms with Gasteiger partial charge in [-0.25, -0.2) is 14.1 Å². The van der Waals surface area contributed by atoms with Gasteiger partial charge in [-0.3, -0.25) is 4.79 Å². The van der Waals surface area contributed by atoms with Crippen molar-refractivity contribution in [3.63, 3.8) is 0 Å². The molecule has 4 nitrogen and oxygen atoms in total. The summed E-state index contributed by atoms with van der Waals surface area (Å²) in [6.07, 6.45) is -2.50. The van der Waals surface area contributed by atoms with Crippen molar-refractivity contribution in [2.45, 2.75) is 19.1 Å². The summed E-state index contributed by atoms with van der Waals surface area (Å²) in [6.45, 7) is 1.18. The van der Waals surface area contributed by atoms with Gasteiger partial charge in [0.25, 0.3) is 5.91 Å². The number of benzene rings is 1. The number of carbonyl (C=O) groups is 2. The third-order valence-corrected chi connectivity index (χ3v) is 2.64. The molecular formula is C12H14FNO3S. The van der Waals surface area contributed by atoms with Crippen LogP contribution in [-0.2, 0) is 9.53 Å². The summed E-state index contributed by atoms with van der Waals surface area (Å²) in [5.74, 6) is -0.860. The zero-order valence-electron chi connectivity index (χ0n) is 9.80. The van der Waals surface area contributed by atoms with Crippen molar-refractivity contribution < 1.29 is 18.7 Å². The molecule has 1 heterocycles. The van der Waals surface area contributed by atoms with Crippen molar-refractivity contribution in [1.29, 1.82) is 0 Å². The van der Waals surface area contributed by atoms with Crippen LogP contribution >= 0.6 is 13.5 Å². The number of hydrogen-bond acceptors (Lipinski definition) is 3. The van der Waals surface area contributed by atoms with Crippen molar-refractivity contribution in [2.75, 3.05) is 6.61 Å². The number of cyclic esters (lactones) is 1. The normalized spacial score (nSPS) is 20.0. The van der Waals surface area contributed by atoms with Gasteiger partial charge in [0.05, 0.1) is 0 Å². The topological polar surface area (TPSA) is 46.6 Å². The molecule has 6 heteroatoms. The SMILES string of the molecule is CC(F)C(=O)N1C(=O)OC[C@@H]1c1ccccc1.S. The van der Waals surface area contributed by atoms with Gasteiger partial charge < -0.3 is 4.74 Å². The monoisotopic (exact) mass is 271 g/mol. The first-order valence-corrected chi connectivity index (χ1v) is 5.30. The maximum atomic E-state index is 13.0. The molecule has 0 aromatic heterocycles. The molecule has 18 heavy (non-hydrogen) atoms. The minimum Gasteiger partial charge on any atom is -0.446 e. The number of alkyl halides is 1. The quantitative estimate of drug-likeness (QED) is 0.828. The molecule has 2 rings (SSSR count). The van der Waals surface area contributed by atoms with Crippen LogP contribution < -0.4 is 0 Å². The Morgan fingerprint density at radius 3 is 2.61 bits per heavy atom. The number of imide groups is 1. The number of carbonyl (C=O) groups excluding carboxylic acids is 2. The van der Waals surface area contributed by atoms with E-state index in [1.165, 1.54) is 0 Å². The molecule has 1 unspecified atom stereocenters. The molecule has 1 saturated heterocycles. The molecule has 98 valence electrons. The molecule has 1 aromatic rings. The molecule has 0 N–H and O–H groups in total. The molecule has 0 saturated carbocycles. The van der Waals surface area contributed by atoms with Gasteiger partial charge in [-0.05, 0) is 12.5 Å². The summed E-state index contributed by atoms with van der Waals surface area (Å²) in [6, 6.07) is 8.42. The van der Waals surface area contributed by atoms with Crippen LogP contribution in [0.2, 0.25) is 0 Å². The second-order valence-corrected chi connectivity index (χ2v) is 3.83. The number of amides is 2. The molecule has 0 bridgehead atoms. The van der Waals surface area contributed by atoms with Crippen molar-refractivity contribution in [2.24, 2.45) is 0 Å². The van der Waals surface area contributed by atoms with E-state index in [1.807, 2.05) is 6.07 Å². The zero-order chi connectivity index (χ0) is 12.4. The van der Waals surface area contributed by atoms with Gasteiger partial charge in [-0.15, -0.1) is 0 Å². The first kappa shape index (κ1) is 14.5. The van der Waals surface area contributed by atoms with Gasteiger partial charge in [0.2, 0.25) is 0 Å². The Hall–Kier alpha value is -1.56. The van der Waals surface area contributed by atoms with Crippen molar-refractivity contribution >= 4 is 25.5 Å². The minimum absolute atomic E-state index is 0. The summed E-state index contributed by atoms with van der Waals surface area (Å²) in [7, 11) is 0. The maximum Gasteiger partial charge on any atom is 0.417 e. The second-order valence-electron chi connectivity index (χ2n) is 3.83. The lowest BCUT2D eigenvalue weighted by Gasteiger charge is -2.20. The Balaban J connectivity index is 0.00000162. The average Bonchev–Trinajstić information content (AvgIpc) is 2.71. The fourth-order valence-corrected chi connectivity index (χ4v) is 1.78. The molecule has 1 aliphatic heterocycles. The van der Waals surface area contributed by atoms with Crippen molar-refractivity contribution in [1.82, 2.24) is 4.90 Å². The van der Waals surface area contributed by atoms with Crippen LogP contribution in [0.15, 0.2) is 30.3 Å². The summed E-state index contributed by atoms with van der Waals surface area (Å²) in [5.41, 5.74) is 0.757. The van der Waals surface area contributed by atoms with E-state index in [9.17, 15) is 14.0 Å². The summed E-state index contributed by atoms with van der Waals surface area (Å²) in [4.78, 5) is 23.9. The largest absolute Gasteiger partial charge is 0.446 e. The predicted octanol–water partition coefficient (Wildman–Crippen LogP) is 2.18. The fraction of sp³-hybridized carbons (Fsp3) is 0.333. The Labute approximate surface area is 111 Å². The van der Waals surface area contributed by atoms with Gasteiger partial charge in [0.1, 0.15) is 12.6 Å². The first-order chi connectivity index (χ1) is 8.11. The Morgan fingerprint density at radius 1 is 1.44 bits per heavy atom. The van der Waals surface area contributed by atoms with Crippen LogP contribution in [0, 0.1) is 0 Å². The number of hydrogen-bond donors (Lipinski definition) is 0. The molecule has 0 spiro atoms. The highest BCUT2D eigenvalue weighted by molar-refractivity contribution is 7.59. The van der Waals surface area contributed by atoms with E-state index in [-0.39, 0.29) is 20.1 Å². The van der Waals surface area contributed by atoms with E-state index < -0.39 is 24.2 Å². The molecule has 2 atom stereocenters. The number of ether oxygens (including phenoxy) is 1. The van der Waals surface area contributed by atoms with Crippen molar-refractivity contribution in [3.05, 3.63) is 35.9 Å². The molecular weight excluding hydrogens is 257 g/mol. The highest BCUT2D eigenvalue weighted by Gasteiger charge is 2.40. The van der Waals surface area contributed by atoms with E-state index >= 15 is 0 Å². The summed E-state index contributed by atoms with van der Waals surface area (Å²) in [5, 5.41) is 0. The molecule has 1 fully saturated rings. The lowest BCUT2D eigenvalue weighted by Crippen LogP contribution is -2.38. The zero-order valence-corrected chi connectivity index (χ0v) is 10.8. The summed E-state index contributed by atoms with van der Waals surface area (Å²) >= 11 is 0. The fourth-order valence-electron chi connectivity index (χ4n) is 1.78. The van der Waals surface area contributed by atoms with Crippen LogP contribution in [0.5, 0.6) is 0 Å². The third kappa shape index (κ3) is 2.64. The number of rotatable bonds is 2. The van der Waals surface area contributed by atoms with E-state index in [0.29, 0.717) is 0 Å².